The molecule has 0 saturated heterocycles. The van der Waals surface area contributed by atoms with Crippen molar-refractivity contribution in [3.63, 3.8) is 0 Å². The SMILES string of the molecule is COc1ccccc1C(C)NC(=O)C(NC(=O)Nc1ccccc1)C(C)C. The highest BCUT2D eigenvalue weighted by atomic mass is 16.5. The van der Waals surface area contributed by atoms with E-state index in [9.17, 15) is 9.59 Å². The molecule has 0 aromatic heterocycles. The molecule has 144 valence electrons. The van der Waals surface area contributed by atoms with Crippen LogP contribution < -0.4 is 20.7 Å². The largest absolute Gasteiger partial charge is 0.496 e. The van der Waals surface area contributed by atoms with E-state index in [2.05, 4.69) is 16.0 Å². The molecule has 0 aliphatic rings. The number of methoxy groups -OCH3 is 1. The Kier molecular flexibility index (Phi) is 7.23. The smallest absolute Gasteiger partial charge is 0.319 e. The molecule has 6 heteroatoms. The Morgan fingerprint density at radius 3 is 2.15 bits per heavy atom. The van der Waals surface area contributed by atoms with Crippen LogP contribution in [-0.2, 0) is 4.79 Å². The summed E-state index contributed by atoms with van der Waals surface area (Å²) in [7, 11) is 1.60. The van der Waals surface area contributed by atoms with Gasteiger partial charge in [0.25, 0.3) is 0 Å². The Morgan fingerprint density at radius 1 is 0.889 bits per heavy atom. The van der Waals surface area contributed by atoms with Crippen LogP contribution in [0, 0.1) is 5.92 Å². The van der Waals surface area contributed by atoms with Crippen molar-refractivity contribution >= 4 is 17.6 Å². The molecule has 3 amide bonds. The van der Waals surface area contributed by atoms with Crippen molar-refractivity contribution in [1.82, 2.24) is 10.6 Å². The van der Waals surface area contributed by atoms with Gasteiger partial charge < -0.3 is 20.7 Å². The molecule has 3 N–H and O–H groups in total. The third-order valence-corrected chi connectivity index (χ3v) is 4.23. The van der Waals surface area contributed by atoms with E-state index in [0.29, 0.717) is 11.4 Å². The summed E-state index contributed by atoms with van der Waals surface area (Å²) in [6.07, 6.45) is 0. The van der Waals surface area contributed by atoms with Crippen LogP contribution in [0.4, 0.5) is 10.5 Å². The number of carbonyl (C=O) groups excluding carboxylic acids is 2. The van der Waals surface area contributed by atoms with Crippen molar-refractivity contribution in [3.05, 3.63) is 60.2 Å². The molecule has 0 saturated carbocycles. The second-order valence-electron chi connectivity index (χ2n) is 6.66. The van der Waals surface area contributed by atoms with Crippen molar-refractivity contribution in [1.29, 1.82) is 0 Å². The number of benzene rings is 2. The quantitative estimate of drug-likeness (QED) is 0.696. The van der Waals surface area contributed by atoms with Crippen molar-refractivity contribution in [2.45, 2.75) is 32.9 Å². The molecule has 6 nitrogen and oxygen atoms in total. The first kappa shape index (κ1) is 20.3. The number of amides is 3. The van der Waals surface area contributed by atoms with Gasteiger partial charge in [0.1, 0.15) is 11.8 Å². The second kappa shape index (κ2) is 9.62. The molecular formula is C21H27N3O3. The molecule has 2 aromatic rings. The van der Waals surface area contributed by atoms with Crippen LogP contribution in [0.1, 0.15) is 32.4 Å². The summed E-state index contributed by atoms with van der Waals surface area (Å²) in [5.74, 6) is 0.393. The van der Waals surface area contributed by atoms with Crippen LogP contribution >= 0.6 is 0 Å². The van der Waals surface area contributed by atoms with Crippen LogP contribution in [0.15, 0.2) is 54.6 Å². The first-order valence-corrected chi connectivity index (χ1v) is 8.98. The Hall–Kier alpha value is -3.02. The molecule has 0 aliphatic heterocycles. The summed E-state index contributed by atoms with van der Waals surface area (Å²) in [5.41, 5.74) is 1.55. The Bertz CT molecular complexity index is 762. The fourth-order valence-corrected chi connectivity index (χ4v) is 2.77. The van der Waals surface area contributed by atoms with Gasteiger partial charge in [0.2, 0.25) is 5.91 Å². The number of hydrogen-bond acceptors (Lipinski definition) is 3. The van der Waals surface area contributed by atoms with Crippen molar-refractivity contribution < 1.29 is 14.3 Å². The molecule has 0 aliphatic carbocycles. The minimum Gasteiger partial charge on any atom is -0.496 e. The lowest BCUT2D eigenvalue weighted by atomic mass is 10.0. The zero-order valence-electron chi connectivity index (χ0n) is 16.2. The number of hydrogen-bond donors (Lipinski definition) is 3. The first-order valence-electron chi connectivity index (χ1n) is 8.98. The highest BCUT2D eigenvalue weighted by molar-refractivity contribution is 5.93. The van der Waals surface area contributed by atoms with Gasteiger partial charge in [0, 0.05) is 11.3 Å². The summed E-state index contributed by atoms with van der Waals surface area (Å²) in [5, 5.41) is 8.45. The molecule has 0 bridgehead atoms. The van der Waals surface area contributed by atoms with E-state index in [0.717, 1.165) is 5.56 Å². The predicted molar refractivity (Wildman–Crippen MR) is 107 cm³/mol. The van der Waals surface area contributed by atoms with E-state index in [-0.39, 0.29) is 17.9 Å². The molecule has 2 unspecified atom stereocenters. The van der Waals surface area contributed by atoms with Crippen LogP contribution in [0.2, 0.25) is 0 Å². The third-order valence-electron chi connectivity index (χ3n) is 4.23. The maximum absolute atomic E-state index is 12.8. The fraction of sp³-hybridized carbons (Fsp3) is 0.333. The van der Waals surface area contributed by atoms with Crippen LogP contribution in [-0.4, -0.2) is 25.1 Å². The lowest BCUT2D eigenvalue weighted by molar-refractivity contribution is -0.124. The van der Waals surface area contributed by atoms with Gasteiger partial charge in [0.15, 0.2) is 0 Å². The molecule has 0 heterocycles. The van der Waals surface area contributed by atoms with Crippen molar-refractivity contribution in [2.24, 2.45) is 5.92 Å². The molecule has 2 rings (SSSR count). The zero-order valence-corrected chi connectivity index (χ0v) is 16.2. The van der Waals surface area contributed by atoms with E-state index in [1.807, 2.05) is 63.2 Å². The molecule has 0 fully saturated rings. The normalized spacial score (nSPS) is 12.8. The number of nitrogens with one attached hydrogen (secondary N) is 3. The van der Waals surface area contributed by atoms with Gasteiger partial charge in [0.05, 0.1) is 13.2 Å². The van der Waals surface area contributed by atoms with Gasteiger partial charge in [-0.2, -0.15) is 0 Å². The summed E-state index contributed by atoms with van der Waals surface area (Å²) in [6, 6.07) is 15.3. The van der Waals surface area contributed by atoms with Gasteiger partial charge in [-0.05, 0) is 31.0 Å². The third kappa shape index (κ3) is 5.74. The molecule has 2 aromatic carbocycles. The highest BCUT2D eigenvalue weighted by Crippen LogP contribution is 2.24. The maximum atomic E-state index is 12.8. The molecular weight excluding hydrogens is 342 g/mol. The summed E-state index contributed by atoms with van der Waals surface area (Å²) < 4.78 is 5.36. The van der Waals surface area contributed by atoms with Crippen molar-refractivity contribution in [3.8, 4) is 5.75 Å². The standard InChI is InChI=1S/C21H27N3O3/c1-14(2)19(24-21(26)23-16-10-6-5-7-11-16)20(25)22-15(3)17-12-8-9-13-18(17)27-4/h5-15,19H,1-4H3,(H,22,25)(H2,23,24,26). The Balaban J connectivity index is 2.02. The maximum Gasteiger partial charge on any atom is 0.319 e. The van der Waals surface area contributed by atoms with Crippen LogP contribution in [0.3, 0.4) is 0 Å². The molecule has 0 spiro atoms. The van der Waals surface area contributed by atoms with Gasteiger partial charge in [-0.25, -0.2) is 4.79 Å². The van der Waals surface area contributed by atoms with Crippen LogP contribution in [0.5, 0.6) is 5.75 Å². The van der Waals surface area contributed by atoms with Gasteiger partial charge >= 0.3 is 6.03 Å². The number of anilines is 1. The summed E-state index contributed by atoms with van der Waals surface area (Å²) in [6.45, 7) is 5.67. The van der Waals surface area contributed by atoms with Crippen molar-refractivity contribution in [2.75, 3.05) is 12.4 Å². The van der Waals surface area contributed by atoms with E-state index < -0.39 is 12.1 Å². The monoisotopic (exact) mass is 369 g/mol. The Morgan fingerprint density at radius 2 is 1.52 bits per heavy atom. The van der Waals surface area contributed by atoms with Gasteiger partial charge in [-0.15, -0.1) is 0 Å². The fourth-order valence-electron chi connectivity index (χ4n) is 2.77. The van der Waals surface area contributed by atoms with E-state index in [1.54, 1.807) is 19.2 Å². The molecule has 2 atom stereocenters. The van der Waals surface area contributed by atoms with Gasteiger partial charge in [-0.1, -0.05) is 50.2 Å². The van der Waals surface area contributed by atoms with Gasteiger partial charge in [-0.3, -0.25) is 4.79 Å². The Labute approximate surface area is 160 Å². The number of rotatable bonds is 7. The summed E-state index contributed by atoms with van der Waals surface area (Å²) in [4.78, 5) is 25.0. The first-order chi connectivity index (χ1) is 12.9. The lowest BCUT2D eigenvalue weighted by Crippen LogP contribution is -2.51. The average molecular weight is 369 g/mol. The predicted octanol–water partition coefficient (Wildman–Crippen LogP) is 3.72. The minimum absolute atomic E-state index is 0.0728. The highest BCUT2D eigenvalue weighted by Gasteiger charge is 2.26. The molecule has 0 radical (unpaired) electrons. The van der Waals surface area contributed by atoms with E-state index in [1.165, 1.54) is 0 Å². The van der Waals surface area contributed by atoms with E-state index in [4.69, 9.17) is 4.74 Å². The molecule has 27 heavy (non-hydrogen) atoms. The lowest BCUT2D eigenvalue weighted by Gasteiger charge is -2.25. The topological polar surface area (TPSA) is 79.5 Å². The number of urea groups is 1. The number of para-hydroxylation sites is 2. The van der Waals surface area contributed by atoms with Crippen LogP contribution in [0.25, 0.3) is 0 Å². The van der Waals surface area contributed by atoms with E-state index >= 15 is 0 Å². The zero-order chi connectivity index (χ0) is 19.8. The second-order valence-corrected chi connectivity index (χ2v) is 6.66. The minimum atomic E-state index is -0.661. The average Bonchev–Trinajstić information content (AvgIpc) is 2.66. The summed E-state index contributed by atoms with van der Waals surface area (Å²) >= 11 is 0. The number of carbonyl (C=O) groups is 2. The number of ether oxygens (including phenoxy) is 1.